The van der Waals surface area contributed by atoms with Crippen LogP contribution in [0.2, 0.25) is 0 Å². The van der Waals surface area contributed by atoms with E-state index in [0.29, 0.717) is 0 Å². The molecule has 0 N–H and O–H groups in total. The molecular weight excluding hydrogens is 446 g/mol. The molecule has 0 atom stereocenters. The number of rotatable bonds is 22. The fourth-order valence-corrected chi connectivity index (χ4v) is 5.36. The highest BCUT2D eigenvalue weighted by Gasteiger charge is 2.27. The molecule has 0 fully saturated rings. The van der Waals surface area contributed by atoms with Gasteiger partial charge in [-0.3, -0.25) is 0 Å². The molecule has 0 saturated heterocycles. The first-order valence-corrected chi connectivity index (χ1v) is 15.5. The Morgan fingerprint density at radius 2 is 0.838 bits per heavy atom. The van der Waals surface area contributed by atoms with Gasteiger partial charge in [0.25, 0.3) is 0 Å². The molecule has 2 rings (SSSR count). The molecule has 1 nitrogen and oxygen atoms in total. The van der Waals surface area contributed by atoms with Gasteiger partial charge in [-0.15, -0.1) is 0 Å². The highest BCUT2D eigenvalue weighted by atomic mass is 15.3. The molecule has 0 spiro atoms. The monoisotopic (exact) mass is 502 g/mol. The van der Waals surface area contributed by atoms with Gasteiger partial charge in [-0.1, -0.05) is 124 Å². The maximum atomic E-state index is 2.40. The molecular formula is C36H56N+. The fourth-order valence-electron chi connectivity index (χ4n) is 5.36. The number of allylic oxidation sites excluding steroid dienone is 4. The molecule has 0 aromatic heterocycles. The third-order valence-electron chi connectivity index (χ3n) is 7.47. The van der Waals surface area contributed by atoms with E-state index >= 15 is 0 Å². The van der Waals surface area contributed by atoms with Crippen molar-refractivity contribution in [2.75, 3.05) is 13.1 Å². The standard InChI is InChI=1S/C36H56N/c1-3-5-7-9-11-13-15-17-25-31-37(33-35-27-21-19-22-28-35,34-36-29-23-20-24-30-36)32-26-18-16-14-12-10-8-6-4-2/h7-10,19-24,27-30H,3-6,11-18,25-26,31-34H2,1-2H3/q+1/b9-7+,10-8+. The van der Waals surface area contributed by atoms with Crippen molar-refractivity contribution in [2.45, 2.75) is 117 Å². The second-order valence-corrected chi connectivity index (χ2v) is 11.0. The summed E-state index contributed by atoms with van der Waals surface area (Å²) in [5, 5.41) is 0. The molecule has 0 heterocycles. The average molecular weight is 503 g/mol. The molecule has 0 amide bonds. The molecule has 204 valence electrons. The van der Waals surface area contributed by atoms with Crippen LogP contribution < -0.4 is 0 Å². The predicted molar refractivity (Wildman–Crippen MR) is 165 cm³/mol. The first-order chi connectivity index (χ1) is 18.3. The summed E-state index contributed by atoms with van der Waals surface area (Å²) in [5.41, 5.74) is 2.97. The molecule has 0 bridgehead atoms. The summed E-state index contributed by atoms with van der Waals surface area (Å²) in [5.74, 6) is 0. The van der Waals surface area contributed by atoms with E-state index in [1.165, 1.54) is 119 Å². The SMILES string of the molecule is CCC/C=C/CCCCCC[N+](CCCCCC/C=C/CCC)(Cc1ccccc1)Cc1ccccc1. The van der Waals surface area contributed by atoms with Gasteiger partial charge in [0.2, 0.25) is 0 Å². The largest absolute Gasteiger partial charge is 0.316 e. The van der Waals surface area contributed by atoms with E-state index in [9.17, 15) is 0 Å². The van der Waals surface area contributed by atoms with Gasteiger partial charge in [0.05, 0.1) is 13.1 Å². The molecule has 2 aromatic carbocycles. The summed E-state index contributed by atoms with van der Waals surface area (Å²) in [7, 11) is 0. The molecule has 0 aliphatic carbocycles. The number of hydrogen-bond donors (Lipinski definition) is 0. The lowest BCUT2D eigenvalue weighted by Crippen LogP contribution is -2.48. The minimum atomic E-state index is 1.15. The Balaban J connectivity index is 1.97. The van der Waals surface area contributed by atoms with Crippen molar-refractivity contribution in [3.05, 3.63) is 96.1 Å². The minimum Gasteiger partial charge on any atom is -0.316 e. The molecule has 0 saturated carbocycles. The highest BCUT2D eigenvalue weighted by Crippen LogP contribution is 2.24. The quantitative estimate of drug-likeness (QED) is 0.0853. The van der Waals surface area contributed by atoms with Crippen LogP contribution in [0.1, 0.15) is 115 Å². The zero-order chi connectivity index (χ0) is 26.3. The van der Waals surface area contributed by atoms with Crippen molar-refractivity contribution in [1.29, 1.82) is 0 Å². The third kappa shape index (κ3) is 15.0. The Morgan fingerprint density at radius 1 is 0.459 bits per heavy atom. The third-order valence-corrected chi connectivity index (χ3v) is 7.47. The van der Waals surface area contributed by atoms with Gasteiger partial charge in [-0.2, -0.15) is 0 Å². The number of unbranched alkanes of at least 4 members (excludes halogenated alkanes) is 10. The molecule has 0 unspecified atom stereocenters. The maximum absolute atomic E-state index is 2.40. The van der Waals surface area contributed by atoms with Crippen LogP contribution in [0.15, 0.2) is 85.0 Å². The molecule has 1 heteroatoms. The van der Waals surface area contributed by atoms with E-state index < -0.39 is 0 Å². The van der Waals surface area contributed by atoms with Crippen molar-refractivity contribution >= 4 is 0 Å². The summed E-state index contributed by atoms with van der Waals surface area (Å²) >= 11 is 0. The van der Waals surface area contributed by atoms with Crippen LogP contribution in [0.4, 0.5) is 0 Å². The number of hydrogen-bond acceptors (Lipinski definition) is 0. The van der Waals surface area contributed by atoms with Crippen LogP contribution >= 0.6 is 0 Å². The van der Waals surface area contributed by atoms with Crippen molar-refractivity contribution in [3.8, 4) is 0 Å². The highest BCUT2D eigenvalue weighted by molar-refractivity contribution is 5.15. The van der Waals surface area contributed by atoms with E-state index in [1.54, 1.807) is 0 Å². The zero-order valence-electron chi connectivity index (χ0n) is 24.3. The molecule has 0 aliphatic rings. The molecule has 37 heavy (non-hydrogen) atoms. The van der Waals surface area contributed by atoms with Crippen LogP contribution in [-0.4, -0.2) is 17.6 Å². The Morgan fingerprint density at radius 3 is 1.24 bits per heavy atom. The van der Waals surface area contributed by atoms with E-state index in [0.717, 1.165) is 13.1 Å². The van der Waals surface area contributed by atoms with E-state index in [-0.39, 0.29) is 0 Å². The molecule has 0 radical (unpaired) electrons. The topological polar surface area (TPSA) is 0 Å². The predicted octanol–water partition coefficient (Wildman–Crippen LogP) is 10.8. The van der Waals surface area contributed by atoms with Gasteiger partial charge >= 0.3 is 0 Å². The first kappa shape index (κ1) is 31.1. The number of quaternary nitrogens is 1. The van der Waals surface area contributed by atoms with E-state index in [1.807, 2.05) is 0 Å². The van der Waals surface area contributed by atoms with Crippen molar-refractivity contribution in [1.82, 2.24) is 0 Å². The normalized spacial score (nSPS) is 12.2. The van der Waals surface area contributed by atoms with Gasteiger partial charge in [0, 0.05) is 11.1 Å². The van der Waals surface area contributed by atoms with E-state index in [4.69, 9.17) is 0 Å². The summed E-state index contributed by atoms with van der Waals surface area (Å²) in [6.07, 6.45) is 27.8. The molecule has 2 aromatic rings. The molecule has 0 aliphatic heterocycles. The Bertz CT molecular complexity index is 749. The fraction of sp³-hybridized carbons (Fsp3) is 0.556. The van der Waals surface area contributed by atoms with Crippen molar-refractivity contribution < 1.29 is 4.48 Å². The minimum absolute atomic E-state index is 1.15. The second kappa shape index (κ2) is 20.9. The summed E-state index contributed by atoms with van der Waals surface area (Å²) in [6, 6.07) is 22.5. The summed E-state index contributed by atoms with van der Waals surface area (Å²) < 4.78 is 1.20. The van der Waals surface area contributed by atoms with Gasteiger partial charge in [0.15, 0.2) is 0 Å². The Hall–Kier alpha value is -2.12. The second-order valence-electron chi connectivity index (χ2n) is 11.0. The first-order valence-electron chi connectivity index (χ1n) is 15.5. The number of benzene rings is 2. The van der Waals surface area contributed by atoms with Crippen LogP contribution in [0, 0.1) is 0 Å². The summed E-state index contributed by atoms with van der Waals surface area (Å²) in [6.45, 7) is 9.38. The average Bonchev–Trinajstić information content (AvgIpc) is 2.92. The zero-order valence-corrected chi connectivity index (χ0v) is 24.3. The van der Waals surface area contributed by atoms with Gasteiger partial charge in [0.1, 0.15) is 13.1 Å². The van der Waals surface area contributed by atoms with Gasteiger partial charge in [-0.05, 0) is 64.2 Å². The van der Waals surface area contributed by atoms with Crippen molar-refractivity contribution in [2.24, 2.45) is 0 Å². The number of nitrogens with zero attached hydrogens (tertiary/aromatic N) is 1. The van der Waals surface area contributed by atoms with Gasteiger partial charge < -0.3 is 4.48 Å². The summed E-state index contributed by atoms with van der Waals surface area (Å²) in [4.78, 5) is 0. The lowest BCUT2D eigenvalue weighted by atomic mass is 10.0. The Kier molecular flexibility index (Phi) is 17.6. The van der Waals surface area contributed by atoms with Gasteiger partial charge in [-0.25, -0.2) is 0 Å². The smallest absolute Gasteiger partial charge is 0.105 e. The van der Waals surface area contributed by atoms with Crippen LogP contribution in [0.25, 0.3) is 0 Å². The Labute approximate surface area is 230 Å². The lowest BCUT2D eigenvalue weighted by molar-refractivity contribution is -0.954. The van der Waals surface area contributed by atoms with E-state index in [2.05, 4.69) is 98.8 Å². The van der Waals surface area contributed by atoms with Crippen LogP contribution in [0.3, 0.4) is 0 Å². The van der Waals surface area contributed by atoms with Crippen molar-refractivity contribution in [3.63, 3.8) is 0 Å². The van der Waals surface area contributed by atoms with Crippen LogP contribution in [-0.2, 0) is 13.1 Å². The maximum Gasteiger partial charge on any atom is 0.105 e. The van der Waals surface area contributed by atoms with Crippen LogP contribution in [0.5, 0.6) is 0 Å². The lowest BCUT2D eigenvalue weighted by Gasteiger charge is -2.39.